The predicted octanol–water partition coefficient (Wildman–Crippen LogP) is 5.56. The minimum atomic E-state index is -0.500. The van der Waals surface area contributed by atoms with Crippen LogP contribution in [-0.4, -0.2) is 21.4 Å². The molecule has 0 saturated carbocycles. The number of thiophene rings is 1. The van der Waals surface area contributed by atoms with E-state index in [0.29, 0.717) is 32.0 Å². The lowest BCUT2D eigenvalue weighted by molar-refractivity contribution is 0.0940. The molecule has 2 heterocycles. The molecule has 0 saturated heterocycles. The molecule has 9 heteroatoms. The van der Waals surface area contributed by atoms with Crippen molar-refractivity contribution in [3.63, 3.8) is 0 Å². The Labute approximate surface area is 198 Å². The number of rotatable bonds is 6. The van der Waals surface area contributed by atoms with Gasteiger partial charge in [-0.1, -0.05) is 41.4 Å². The van der Waals surface area contributed by atoms with Gasteiger partial charge in [0.1, 0.15) is 11.9 Å². The molecule has 1 atom stereocenters. The number of benzene rings is 2. The highest BCUT2D eigenvalue weighted by Gasteiger charge is 2.22. The molecule has 1 unspecified atom stereocenters. The van der Waals surface area contributed by atoms with Gasteiger partial charge in [0.2, 0.25) is 0 Å². The second-order valence-electron chi connectivity index (χ2n) is 6.98. The molecule has 2 amide bonds. The number of carbonyl (C=O) groups is 2. The Morgan fingerprint density at radius 2 is 1.84 bits per heavy atom. The zero-order valence-corrected chi connectivity index (χ0v) is 19.2. The van der Waals surface area contributed by atoms with Crippen LogP contribution in [0.4, 0.5) is 5.69 Å². The average Bonchev–Trinajstić information content (AvgIpc) is 3.46. The van der Waals surface area contributed by atoms with Gasteiger partial charge in [0, 0.05) is 30.0 Å². The molecule has 0 aliphatic carbocycles. The number of anilines is 1. The van der Waals surface area contributed by atoms with Crippen molar-refractivity contribution in [2.75, 3.05) is 5.32 Å². The lowest BCUT2D eigenvalue weighted by Crippen LogP contribution is -2.31. The number of halogens is 2. The lowest BCUT2D eigenvalue weighted by atomic mass is 10.1. The molecule has 32 heavy (non-hydrogen) atoms. The van der Waals surface area contributed by atoms with E-state index in [1.54, 1.807) is 48.7 Å². The molecule has 0 radical (unpaired) electrons. The van der Waals surface area contributed by atoms with Crippen LogP contribution in [0, 0.1) is 0 Å². The minimum Gasteiger partial charge on any atom is -0.338 e. The Kier molecular flexibility index (Phi) is 6.60. The van der Waals surface area contributed by atoms with E-state index in [0.717, 1.165) is 5.56 Å². The molecule has 0 bridgehead atoms. The molecule has 2 N–H and O–H groups in total. The summed E-state index contributed by atoms with van der Waals surface area (Å²) in [6.45, 7) is 0. The quantitative estimate of drug-likeness (QED) is 0.376. The number of amides is 2. The first-order valence-corrected chi connectivity index (χ1v) is 11.2. The number of nitrogens with zero attached hydrogens (tertiary/aromatic N) is 2. The van der Waals surface area contributed by atoms with E-state index in [9.17, 15) is 9.59 Å². The Hall–Kier alpha value is -3.13. The van der Waals surface area contributed by atoms with E-state index in [-0.39, 0.29) is 11.8 Å². The summed E-state index contributed by atoms with van der Waals surface area (Å²) in [5, 5.41) is 8.54. The molecule has 0 fully saturated rings. The van der Waals surface area contributed by atoms with Gasteiger partial charge in [0.15, 0.2) is 0 Å². The Morgan fingerprint density at radius 1 is 1.06 bits per heavy atom. The Morgan fingerprint density at radius 3 is 2.50 bits per heavy atom. The molecule has 4 rings (SSSR count). The maximum absolute atomic E-state index is 13.2. The lowest BCUT2D eigenvalue weighted by Gasteiger charge is -2.20. The van der Waals surface area contributed by atoms with Gasteiger partial charge in [0.25, 0.3) is 11.8 Å². The Balaban J connectivity index is 1.60. The van der Waals surface area contributed by atoms with E-state index in [1.165, 1.54) is 11.3 Å². The summed E-state index contributed by atoms with van der Waals surface area (Å²) < 4.78 is 1.84. The van der Waals surface area contributed by atoms with Gasteiger partial charge in [-0.25, -0.2) is 4.98 Å². The number of hydrogen-bond donors (Lipinski definition) is 2. The number of aryl methyl sites for hydroxylation is 1. The molecule has 2 aromatic heterocycles. The molecular formula is C23H18Cl2N4O2S. The smallest absolute Gasteiger partial charge is 0.265 e. The maximum Gasteiger partial charge on any atom is 0.265 e. The average molecular weight is 485 g/mol. The van der Waals surface area contributed by atoms with Gasteiger partial charge in [0.05, 0.1) is 15.6 Å². The zero-order chi connectivity index (χ0) is 22.7. The van der Waals surface area contributed by atoms with Crippen molar-refractivity contribution in [1.29, 1.82) is 0 Å². The van der Waals surface area contributed by atoms with E-state index in [4.69, 9.17) is 23.2 Å². The fourth-order valence-electron chi connectivity index (χ4n) is 3.18. The van der Waals surface area contributed by atoms with Crippen LogP contribution in [0.25, 0.3) is 0 Å². The number of nitrogens with one attached hydrogen (secondary N) is 2. The van der Waals surface area contributed by atoms with Crippen molar-refractivity contribution in [2.24, 2.45) is 7.05 Å². The third-order valence-corrected chi connectivity index (χ3v) is 6.27. The second-order valence-corrected chi connectivity index (χ2v) is 8.77. The summed E-state index contributed by atoms with van der Waals surface area (Å²) in [7, 11) is 1.86. The monoisotopic (exact) mass is 484 g/mol. The molecule has 6 nitrogen and oxygen atoms in total. The highest BCUT2D eigenvalue weighted by molar-refractivity contribution is 7.12. The van der Waals surface area contributed by atoms with Gasteiger partial charge in [-0.15, -0.1) is 11.3 Å². The minimum absolute atomic E-state index is 0.286. The number of hydrogen-bond acceptors (Lipinski definition) is 4. The van der Waals surface area contributed by atoms with Crippen LogP contribution in [-0.2, 0) is 7.05 Å². The second kappa shape index (κ2) is 9.56. The van der Waals surface area contributed by atoms with Crippen molar-refractivity contribution < 1.29 is 9.59 Å². The molecule has 4 aromatic rings. The number of imidazole rings is 1. The van der Waals surface area contributed by atoms with Crippen LogP contribution < -0.4 is 10.6 Å². The van der Waals surface area contributed by atoms with E-state index in [1.807, 2.05) is 35.3 Å². The van der Waals surface area contributed by atoms with E-state index in [2.05, 4.69) is 15.6 Å². The topological polar surface area (TPSA) is 76.0 Å². The largest absolute Gasteiger partial charge is 0.338 e. The van der Waals surface area contributed by atoms with Gasteiger partial charge < -0.3 is 15.2 Å². The molecule has 0 spiro atoms. The highest BCUT2D eigenvalue weighted by Crippen LogP contribution is 2.26. The van der Waals surface area contributed by atoms with Gasteiger partial charge in [-0.3, -0.25) is 9.59 Å². The van der Waals surface area contributed by atoms with Crippen molar-refractivity contribution >= 4 is 52.0 Å². The van der Waals surface area contributed by atoms with Crippen LogP contribution in [0.15, 0.2) is 72.4 Å². The van der Waals surface area contributed by atoms with Gasteiger partial charge in [-0.05, 0) is 47.3 Å². The standard InChI is InChI=1S/C23H18Cl2N4O2S/c1-29-11-10-26-21(29)20(14-4-7-16(24)8-5-14)28-22(30)15-6-9-17(25)18(13-15)27-23(31)19-3-2-12-32-19/h2-13,20H,1H3,(H,27,31)(H,28,30). The first-order chi connectivity index (χ1) is 15.4. The maximum atomic E-state index is 13.2. The summed E-state index contributed by atoms with van der Waals surface area (Å²) >= 11 is 13.6. The van der Waals surface area contributed by atoms with Crippen LogP contribution in [0.3, 0.4) is 0 Å². The first kappa shape index (κ1) is 22.1. The first-order valence-electron chi connectivity index (χ1n) is 9.60. The fourth-order valence-corrected chi connectivity index (χ4v) is 4.09. The van der Waals surface area contributed by atoms with E-state index < -0.39 is 6.04 Å². The van der Waals surface area contributed by atoms with Crippen molar-refractivity contribution in [3.05, 3.63) is 104 Å². The number of carbonyl (C=O) groups excluding carboxylic acids is 2. The van der Waals surface area contributed by atoms with E-state index >= 15 is 0 Å². The van der Waals surface area contributed by atoms with Gasteiger partial charge in [-0.2, -0.15) is 0 Å². The summed E-state index contributed by atoms with van der Waals surface area (Å²) in [5.41, 5.74) is 1.54. The van der Waals surface area contributed by atoms with Crippen LogP contribution in [0.2, 0.25) is 10.0 Å². The number of aromatic nitrogens is 2. The molecule has 0 aliphatic heterocycles. The third-order valence-electron chi connectivity index (χ3n) is 4.82. The van der Waals surface area contributed by atoms with Crippen molar-refractivity contribution in [1.82, 2.24) is 14.9 Å². The zero-order valence-electron chi connectivity index (χ0n) is 16.9. The molecule has 162 valence electrons. The van der Waals surface area contributed by atoms with Crippen LogP contribution in [0.5, 0.6) is 0 Å². The summed E-state index contributed by atoms with van der Waals surface area (Å²) in [5.74, 6) is 0.0450. The fraction of sp³-hybridized carbons (Fsp3) is 0.0870. The molecule has 2 aromatic carbocycles. The van der Waals surface area contributed by atoms with Crippen LogP contribution in [0.1, 0.15) is 37.5 Å². The van der Waals surface area contributed by atoms with Crippen molar-refractivity contribution in [2.45, 2.75) is 6.04 Å². The SMILES string of the molecule is Cn1ccnc1C(NC(=O)c1ccc(Cl)c(NC(=O)c2cccs2)c1)c1ccc(Cl)cc1. The molecular weight excluding hydrogens is 467 g/mol. The Bertz CT molecular complexity index is 1250. The summed E-state index contributed by atoms with van der Waals surface area (Å²) in [4.78, 5) is 30.5. The summed E-state index contributed by atoms with van der Waals surface area (Å²) in [6.07, 6.45) is 3.48. The highest BCUT2D eigenvalue weighted by atomic mass is 35.5. The third kappa shape index (κ3) is 4.85. The predicted molar refractivity (Wildman–Crippen MR) is 128 cm³/mol. The molecule has 0 aliphatic rings. The van der Waals surface area contributed by atoms with Crippen molar-refractivity contribution in [3.8, 4) is 0 Å². The summed E-state index contributed by atoms with van der Waals surface area (Å²) in [6, 6.07) is 15.0. The van der Waals surface area contributed by atoms with Gasteiger partial charge >= 0.3 is 0 Å². The normalized spacial score (nSPS) is 11.7. The van der Waals surface area contributed by atoms with Crippen LogP contribution >= 0.6 is 34.5 Å².